The number of urea groups is 1. The number of nitrogens with zero attached hydrogens (tertiary/aromatic N) is 3. The molecule has 1 saturated heterocycles. The van der Waals surface area contributed by atoms with Crippen molar-refractivity contribution in [3.05, 3.63) is 59.1 Å². The van der Waals surface area contributed by atoms with Crippen LogP contribution in [0.25, 0.3) is 0 Å². The number of rotatable bonds is 2. The largest absolute Gasteiger partial charge is 0.417 e. The third-order valence-corrected chi connectivity index (χ3v) is 4.76. The summed E-state index contributed by atoms with van der Waals surface area (Å²) in [7, 11) is 1.67. The molecule has 29 heavy (non-hydrogen) atoms. The average Bonchev–Trinajstić information content (AvgIpc) is 2.86. The second-order valence-corrected chi connectivity index (χ2v) is 6.73. The van der Waals surface area contributed by atoms with Crippen LogP contribution in [0.5, 0.6) is 0 Å². The van der Waals surface area contributed by atoms with Gasteiger partial charge in [-0.05, 0) is 37.3 Å². The van der Waals surface area contributed by atoms with E-state index in [0.29, 0.717) is 11.8 Å². The van der Waals surface area contributed by atoms with Crippen molar-refractivity contribution in [2.24, 2.45) is 4.99 Å². The summed E-state index contributed by atoms with van der Waals surface area (Å²) in [6.45, 7) is 1.69. The van der Waals surface area contributed by atoms with Crippen molar-refractivity contribution in [3.8, 4) is 0 Å². The lowest BCUT2D eigenvalue weighted by molar-refractivity contribution is -0.137. The summed E-state index contributed by atoms with van der Waals surface area (Å²) < 4.78 is 38.9. The van der Waals surface area contributed by atoms with Gasteiger partial charge in [-0.3, -0.25) is 4.79 Å². The summed E-state index contributed by atoms with van der Waals surface area (Å²) in [5, 5.41) is 4.75. The molecule has 0 bridgehead atoms. The molecule has 0 aliphatic carbocycles. The van der Waals surface area contributed by atoms with E-state index in [9.17, 15) is 22.8 Å². The van der Waals surface area contributed by atoms with Gasteiger partial charge in [0, 0.05) is 12.7 Å². The first-order chi connectivity index (χ1) is 13.6. The van der Waals surface area contributed by atoms with Gasteiger partial charge in [-0.25, -0.2) is 14.8 Å². The molecule has 1 atom stereocenters. The van der Waals surface area contributed by atoms with Crippen molar-refractivity contribution < 1.29 is 22.8 Å². The zero-order valence-corrected chi connectivity index (χ0v) is 16.1. The minimum atomic E-state index is -4.67. The summed E-state index contributed by atoms with van der Waals surface area (Å²) in [6.07, 6.45) is -4.67. The minimum absolute atomic E-state index is 0.0288. The molecule has 1 fully saturated rings. The van der Waals surface area contributed by atoms with Gasteiger partial charge in [-0.1, -0.05) is 29.8 Å². The molecule has 0 saturated carbocycles. The molecule has 3 amide bonds. The Bertz CT molecular complexity index is 979. The molecular weight excluding hydrogens is 409 g/mol. The minimum Gasteiger partial charge on any atom is -0.306 e. The summed E-state index contributed by atoms with van der Waals surface area (Å²) in [5.41, 5.74) is -0.642. The first kappa shape index (κ1) is 20.8. The number of anilines is 2. The van der Waals surface area contributed by atoms with Crippen molar-refractivity contribution in [1.29, 1.82) is 0 Å². The quantitative estimate of drug-likeness (QED) is 0.765. The lowest BCUT2D eigenvalue weighted by Crippen LogP contribution is -2.38. The lowest BCUT2D eigenvalue weighted by atomic mass is 10.2. The van der Waals surface area contributed by atoms with Gasteiger partial charge in [0.25, 0.3) is 5.91 Å². The molecule has 1 unspecified atom stereocenters. The van der Waals surface area contributed by atoms with E-state index in [4.69, 9.17) is 11.6 Å². The van der Waals surface area contributed by atoms with Crippen LogP contribution in [0.2, 0.25) is 5.02 Å². The number of alkyl halides is 3. The Morgan fingerprint density at radius 1 is 1.17 bits per heavy atom. The fraction of sp³-hybridized carbons (Fsp3) is 0.211. The maximum atomic E-state index is 13.0. The number of halogens is 4. The maximum absolute atomic E-state index is 13.0. The van der Waals surface area contributed by atoms with Gasteiger partial charge >= 0.3 is 12.2 Å². The number of hydrogen-bond acceptors (Lipinski definition) is 3. The Morgan fingerprint density at radius 3 is 2.45 bits per heavy atom. The highest BCUT2D eigenvalue weighted by Crippen LogP contribution is 2.36. The molecule has 1 aliphatic heterocycles. The first-order valence-electron chi connectivity index (χ1n) is 8.48. The normalized spacial score (nSPS) is 19.1. The number of para-hydroxylation sites is 1. The molecule has 0 aromatic heterocycles. The Labute approximate surface area is 169 Å². The lowest BCUT2D eigenvalue weighted by Gasteiger charge is -2.25. The predicted octanol–water partition coefficient (Wildman–Crippen LogP) is 4.61. The van der Waals surface area contributed by atoms with E-state index in [1.807, 2.05) is 0 Å². The van der Waals surface area contributed by atoms with Crippen LogP contribution in [0, 0.1) is 0 Å². The van der Waals surface area contributed by atoms with Crippen LogP contribution in [-0.2, 0) is 11.0 Å². The second-order valence-electron chi connectivity index (χ2n) is 6.32. The second kappa shape index (κ2) is 7.84. The van der Waals surface area contributed by atoms with E-state index in [0.717, 1.165) is 6.07 Å². The fourth-order valence-electron chi connectivity index (χ4n) is 2.87. The van der Waals surface area contributed by atoms with Crippen molar-refractivity contribution in [3.63, 3.8) is 0 Å². The predicted molar refractivity (Wildman–Crippen MR) is 104 cm³/mol. The number of carbonyl (C=O) groups is 2. The van der Waals surface area contributed by atoms with Gasteiger partial charge in [-0.2, -0.15) is 18.2 Å². The molecule has 1 heterocycles. The molecule has 0 radical (unpaired) electrons. The molecule has 1 aliphatic rings. The molecule has 2 aromatic rings. The summed E-state index contributed by atoms with van der Waals surface area (Å²) >= 11 is 5.57. The molecule has 6 nitrogen and oxygen atoms in total. The SMILES string of the molecule is CC1C(=NC(=O)Nc2ccc(Cl)c(C(F)(F)F)c2)C(=O)N(c2ccccc2)N1C. The van der Waals surface area contributed by atoms with Crippen molar-refractivity contribution in [2.45, 2.75) is 19.1 Å². The summed E-state index contributed by atoms with van der Waals surface area (Å²) in [5.74, 6) is -0.492. The highest BCUT2D eigenvalue weighted by molar-refractivity contribution is 6.48. The van der Waals surface area contributed by atoms with E-state index < -0.39 is 34.7 Å². The zero-order chi connectivity index (χ0) is 21.3. The summed E-state index contributed by atoms with van der Waals surface area (Å²) in [4.78, 5) is 28.8. The molecular formula is C19H16ClF3N4O2. The van der Waals surface area contributed by atoms with E-state index in [-0.39, 0.29) is 11.4 Å². The van der Waals surface area contributed by atoms with Gasteiger partial charge in [0.1, 0.15) is 5.71 Å². The number of hydrogen-bond donors (Lipinski definition) is 1. The topological polar surface area (TPSA) is 65.0 Å². The number of aliphatic imine (C=N–C) groups is 1. The first-order valence-corrected chi connectivity index (χ1v) is 8.86. The van der Waals surface area contributed by atoms with Crippen LogP contribution in [0.3, 0.4) is 0 Å². The highest BCUT2D eigenvalue weighted by Gasteiger charge is 2.40. The van der Waals surface area contributed by atoms with Gasteiger partial charge in [0.2, 0.25) is 0 Å². The standard InChI is InChI=1S/C19H16ClF3N4O2/c1-11-16(17(28)27(26(11)2)13-6-4-3-5-7-13)25-18(29)24-12-8-9-15(20)14(10-12)19(21,22)23/h3-11H,1-2H3,(H,24,29). The average molecular weight is 425 g/mol. The Kier molecular flexibility index (Phi) is 5.63. The van der Waals surface area contributed by atoms with E-state index >= 15 is 0 Å². The number of hydrazine groups is 1. The van der Waals surface area contributed by atoms with Gasteiger partial charge in [-0.15, -0.1) is 0 Å². The monoisotopic (exact) mass is 424 g/mol. The van der Waals surface area contributed by atoms with Gasteiger partial charge < -0.3 is 5.32 Å². The Morgan fingerprint density at radius 2 is 1.83 bits per heavy atom. The molecule has 152 valence electrons. The molecule has 10 heteroatoms. The van der Waals surface area contributed by atoms with E-state index in [1.165, 1.54) is 11.1 Å². The van der Waals surface area contributed by atoms with Crippen molar-refractivity contribution in [1.82, 2.24) is 5.01 Å². The number of carbonyl (C=O) groups excluding carboxylic acids is 2. The Hall–Kier alpha value is -2.91. The zero-order valence-electron chi connectivity index (χ0n) is 15.4. The van der Waals surface area contributed by atoms with Crippen LogP contribution >= 0.6 is 11.6 Å². The van der Waals surface area contributed by atoms with E-state index in [2.05, 4.69) is 10.3 Å². The number of benzene rings is 2. The molecule has 0 spiro atoms. The fourth-order valence-corrected chi connectivity index (χ4v) is 3.10. The molecule has 2 aromatic carbocycles. The third-order valence-electron chi connectivity index (χ3n) is 4.43. The Balaban J connectivity index is 1.83. The highest BCUT2D eigenvalue weighted by atomic mass is 35.5. The van der Waals surface area contributed by atoms with Crippen molar-refractivity contribution >= 4 is 40.6 Å². The van der Waals surface area contributed by atoms with Gasteiger partial charge in [0.15, 0.2) is 0 Å². The maximum Gasteiger partial charge on any atom is 0.417 e. The third kappa shape index (κ3) is 4.25. The van der Waals surface area contributed by atoms with Crippen LogP contribution in [0.15, 0.2) is 53.5 Å². The van der Waals surface area contributed by atoms with Crippen LogP contribution in [-0.4, -0.2) is 35.7 Å². The molecule has 3 rings (SSSR count). The van der Waals surface area contributed by atoms with Crippen LogP contribution in [0.4, 0.5) is 29.3 Å². The molecule has 1 N–H and O–H groups in total. The number of amides is 3. The smallest absolute Gasteiger partial charge is 0.306 e. The van der Waals surface area contributed by atoms with E-state index in [1.54, 1.807) is 49.3 Å². The van der Waals surface area contributed by atoms with Crippen LogP contribution < -0.4 is 10.3 Å². The number of nitrogens with one attached hydrogen (secondary N) is 1. The van der Waals surface area contributed by atoms with Crippen molar-refractivity contribution in [2.75, 3.05) is 17.4 Å². The summed E-state index contributed by atoms with van der Waals surface area (Å²) in [6, 6.07) is 10.3. The van der Waals surface area contributed by atoms with Gasteiger partial charge in [0.05, 0.1) is 22.3 Å². The van der Waals surface area contributed by atoms with Crippen LogP contribution in [0.1, 0.15) is 12.5 Å².